The molecule has 1 aliphatic heterocycles. The smallest absolute Gasteiger partial charge is 0.269 e. The van der Waals surface area contributed by atoms with E-state index in [-0.39, 0.29) is 23.7 Å². The molecule has 0 saturated carbocycles. The summed E-state index contributed by atoms with van der Waals surface area (Å²) < 4.78 is 42.3. The Morgan fingerprint density at radius 2 is 1.69 bits per heavy atom. The molecule has 7 nitrogen and oxygen atoms in total. The van der Waals surface area contributed by atoms with Crippen LogP contribution >= 0.6 is 0 Å². The van der Waals surface area contributed by atoms with Crippen LogP contribution in [0.4, 0.5) is 4.39 Å². The van der Waals surface area contributed by atoms with Gasteiger partial charge in [-0.15, -0.1) is 0 Å². The molecule has 0 bridgehead atoms. The molecule has 2 heterocycles. The van der Waals surface area contributed by atoms with Gasteiger partial charge < -0.3 is 10.3 Å². The minimum atomic E-state index is -3.79. The number of carbonyl (C=O) groups is 1. The lowest BCUT2D eigenvalue weighted by atomic mass is 10.2. The topological polar surface area (TPSA) is 98.3 Å². The van der Waals surface area contributed by atoms with Crippen LogP contribution in [0.3, 0.4) is 0 Å². The van der Waals surface area contributed by atoms with Crippen LogP contribution in [0.1, 0.15) is 16.2 Å². The molecule has 1 aliphatic rings. The van der Waals surface area contributed by atoms with E-state index in [0.29, 0.717) is 24.5 Å². The Bertz CT molecular complexity index is 1160. The predicted molar refractivity (Wildman–Crippen MR) is 105 cm³/mol. The van der Waals surface area contributed by atoms with Crippen LogP contribution in [-0.4, -0.2) is 41.3 Å². The molecular formula is C20H19FN4O3S. The van der Waals surface area contributed by atoms with Crippen molar-refractivity contribution in [3.8, 4) is 11.4 Å². The van der Waals surface area contributed by atoms with E-state index in [4.69, 9.17) is 5.73 Å². The van der Waals surface area contributed by atoms with Crippen LogP contribution in [0.25, 0.3) is 11.4 Å². The third kappa shape index (κ3) is 3.54. The van der Waals surface area contributed by atoms with Crippen molar-refractivity contribution in [3.63, 3.8) is 0 Å². The first kappa shape index (κ1) is 19.3. The zero-order valence-electron chi connectivity index (χ0n) is 15.5. The highest BCUT2D eigenvalue weighted by atomic mass is 32.2. The first-order chi connectivity index (χ1) is 13.9. The number of nitrogens with zero attached hydrogens (tertiary/aromatic N) is 3. The molecule has 0 spiro atoms. The summed E-state index contributed by atoms with van der Waals surface area (Å²) in [6.45, 7) is 0.682. The molecule has 3 aromatic rings. The van der Waals surface area contributed by atoms with E-state index in [1.165, 1.54) is 16.4 Å². The summed E-state index contributed by atoms with van der Waals surface area (Å²) >= 11 is 0. The number of sulfonamides is 1. The number of nitrogens with two attached hydrogens (primary N) is 1. The number of primary amides is 1. The van der Waals surface area contributed by atoms with Gasteiger partial charge in [0.1, 0.15) is 17.3 Å². The quantitative estimate of drug-likeness (QED) is 0.706. The largest absolute Gasteiger partial charge is 0.364 e. The molecule has 2 N–H and O–H groups in total. The highest BCUT2D eigenvalue weighted by Crippen LogP contribution is 2.26. The summed E-state index contributed by atoms with van der Waals surface area (Å²) in [6.07, 6.45) is 0.290. The molecule has 2 aromatic carbocycles. The highest BCUT2D eigenvalue weighted by molar-refractivity contribution is 7.89. The lowest BCUT2D eigenvalue weighted by molar-refractivity contribution is 0.0995. The maximum Gasteiger partial charge on any atom is 0.269 e. The standard InChI is InChI=1S/C20H19FN4O3S/c21-15-6-8-16(9-7-15)29(27,28)24-11-10-17-18(19(22)26)23-20(25(17)13-12-24)14-4-2-1-3-5-14/h1-9H,10-13H2,(H2,22,26). The Morgan fingerprint density at radius 3 is 2.34 bits per heavy atom. The van der Waals surface area contributed by atoms with Crippen molar-refractivity contribution in [2.45, 2.75) is 17.9 Å². The van der Waals surface area contributed by atoms with Crippen molar-refractivity contribution in [2.24, 2.45) is 5.73 Å². The van der Waals surface area contributed by atoms with Gasteiger partial charge in [0.05, 0.1) is 10.6 Å². The first-order valence-corrected chi connectivity index (χ1v) is 10.5. The van der Waals surface area contributed by atoms with Gasteiger partial charge in [-0.2, -0.15) is 4.31 Å². The molecule has 0 unspecified atom stereocenters. The number of amides is 1. The van der Waals surface area contributed by atoms with E-state index in [0.717, 1.165) is 17.7 Å². The van der Waals surface area contributed by atoms with Crippen molar-refractivity contribution in [1.29, 1.82) is 0 Å². The average molecular weight is 414 g/mol. The summed E-state index contributed by atoms with van der Waals surface area (Å²) in [5, 5.41) is 0. The fraction of sp³-hybridized carbons (Fsp3) is 0.200. The normalized spacial score (nSPS) is 14.9. The SMILES string of the molecule is NC(=O)c1nc(-c2ccccc2)n2c1CCN(S(=O)(=O)c1ccc(F)cc1)CC2. The van der Waals surface area contributed by atoms with E-state index in [1.807, 2.05) is 34.9 Å². The van der Waals surface area contributed by atoms with Gasteiger partial charge in [0.15, 0.2) is 0 Å². The fourth-order valence-electron chi connectivity index (χ4n) is 3.54. The van der Waals surface area contributed by atoms with Crippen molar-refractivity contribution in [1.82, 2.24) is 13.9 Å². The number of halogens is 1. The van der Waals surface area contributed by atoms with Crippen LogP contribution in [0.2, 0.25) is 0 Å². The highest BCUT2D eigenvalue weighted by Gasteiger charge is 2.30. The first-order valence-electron chi connectivity index (χ1n) is 9.08. The zero-order valence-corrected chi connectivity index (χ0v) is 16.3. The Labute approximate surface area is 167 Å². The summed E-state index contributed by atoms with van der Waals surface area (Å²) in [4.78, 5) is 16.4. The molecule has 1 amide bonds. The van der Waals surface area contributed by atoms with Crippen LogP contribution in [0, 0.1) is 5.82 Å². The molecule has 0 aliphatic carbocycles. The van der Waals surface area contributed by atoms with Gasteiger partial charge in [0.2, 0.25) is 10.0 Å². The molecule has 4 rings (SSSR count). The second-order valence-electron chi connectivity index (χ2n) is 6.72. The van der Waals surface area contributed by atoms with E-state index < -0.39 is 21.7 Å². The number of hydrogen-bond acceptors (Lipinski definition) is 4. The van der Waals surface area contributed by atoms with Crippen molar-refractivity contribution in [3.05, 3.63) is 71.8 Å². The Kier molecular flexibility index (Phi) is 4.93. The van der Waals surface area contributed by atoms with E-state index >= 15 is 0 Å². The molecule has 9 heteroatoms. The summed E-state index contributed by atoms with van der Waals surface area (Å²) in [5.74, 6) is -0.568. The molecule has 0 radical (unpaired) electrons. The van der Waals surface area contributed by atoms with E-state index in [9.17, 15) is 17.6 Å². The summed E-state index contributed by atoms with van der Waals surface area (Å²) in [5.41, 5.74) is 7.12. The Hall–Kier alpha value is -3.04. The van der Waals surface area contributed by atoms with Gasteiger partial charge in [0, 0.05) is 31.6 Å². The minimum absolute atomic E-state index is 0.0296. The second kappa shape index (κ2) is 7.41. The van der Waals surface area contributed by atoms with Crippen molar-refractivity contribution in [2.75, 3.05) is 13.1 Å². The number of imidazole rings is 1. The van der Waals surface area contributed by atoms with Gasteiger partial charge in [-0.1, -0.05) is 30.3 Å². The average Bonchev–Trinajstić information content (AvgIpc) is 2.93. The molecular weight excluding hydrogens is 395 g/mol. The van der Waals surface area contributed by atoms with Gasteiger partial charge >= 0.3 is 0 Å². The minimum Gasteiger partial charge on any atom is -0.364 e. The lowest BCUT2D eigenvalue weighted by Gasteiger charge is -2.20. The molecule has 0 saturated heterocycles. The van der Waals surface area contributed by atoms with Gasteiger partial charge in [-0.05, 0) is 24.3 Å². The van der Waals surface area contributed by atoms with Gasteiger partial charge in [-0.3, -0.25) is 4.79 Å². The van der Waals surface area contributed by atoms with Crippen LogP contribution in [0.15, 0.2) is 59.5 Å². The number of fused-ring (bicyclic) bond motifs is 1. The molecule has 29 heavy (non-hydrogen) atoms. The maximum atomic E-state index is 13.2. The van der Waals surface area contributed by atoms with Crippen LogP contribution in [0.5, 0.6) is 0 Å². The molecule has 1 aromatic heterocycles. The number of aromatic nitrogens is 2. The van der Waals surface area contributed by atoms with E-state index in [2.05, 4.69) is 4.98 Å². The van der Waals surface area contributed by atoms with Gasteiger partial charge in [-0.25, -0.2) is 17.8 Å². The third-order valence-electron chi connectivity index (χ3n) is 4.96. The van der Waals surface area contributed by atoms with Gasteiger partial charge in [0.25, 0.3) is 5.91 Å². The lowest BCUT2D eigenvalue weighted by Crippen LogP contribution is -2.33. The molecule has 150 valence electrons. The Morgan fingerprint density at radius 1 is 1.00 bits per heavy atom. The predicted octanol–water partition coefficient (Wildman–Crippen LogP) is 2.04. The number of rotatable bonds is 4. The van der Waals surface area contributed by atoms with Crippen molar-refractivity contribution < 1.29 is 17.6 Å². The fourth-order valence-corrected chi connectivity index (χ4v) is 4.97. The summed E-state index contributed by atoms with van der Waals surface area (Å²) in [7, 11) is -3.79. The number of hydrogen-bond donors (Lipinski definition) is 1. The number of carbonyl (C=O) groups excluding carboxylic acids is 1. The van der Waals surface area contributed by atoms with E-state index in [1.54, 1.807) is 0 Å². The maximum absolute atomic E-state index is 13.2. The second-order valence-corrected chi connectivity index (χ2v) is 8.66. The molecule has 0 fully saturated rings. The molecule has 0 atom stereocenters. The van der Waals surface area contributed by atoms with Crippen molar-refractivity contribution >= 4 is 15.9 Å². The van der Waals surface area contributed by atoms with Crippen LogP contribution in [-0.2, 0) is 23.0 Å². The number of benzene rings is 2. The third-order valence-corrected chi connectivity index (χ3v) is 6.87. The van der Waals surface area contributed by atoms with Crippen LogP contribution < -0.4 is 5.73 Å². The Balaban J connectivity index is 1.71. The zero-order chi connectivity index (χ0) is 20.6. The monoisotopic (exact) mass is 414 g/mol. The summed E-state index contributed by atoms with van der Waals surface area (Å²) in [6, 6.07) is 14.1.